The number of anilines is 1. The van der Waals surface area contributed by atoms with E-state index < -0.39 is 52.0 Å². The second-order valence-electron chi connectivity index (χ2n) is 19.8. The molecule has 0 bridgehead atoms. The average molecular weight is 965 g/mol. The van der Waals surface area contributed by atoms with Crippen molar-refractivity contribution < 1.29 is 57.4 Å². The van der Waals surface area contributed by atoms with E-state index in [9.17, 15) is 24.3 Å². The molecule has 14 nitrogen and oxygen atoms in total. The maximum Gasteiger partial charge on any atom is 0.339 e. The number of ether oxygens (including phenoxy) is 7. The molecular formula is C57H60N2O12. The molecule has 2 aliphatic heterocycles. The second kappa shape index (κ2) is 20.2. The third-order valence-electron chi connectivity index (χ3n) is 12.7. The Morgan fingerprint density at radius 2 is 1.31 bits per heavy atom. The van der Waals surface area contributed by atoms with Gasteiger partial charge in [0.15, 0.2) is 5.60 Å². The summed E-state index contributed by atoms with van der Waals surface area (Å²) in [7, 11) is 3.23. The van der Waals surface area contributed by atoms with Gasteiger partial charge in [0.05, 0.1) is 56.3 Å². The van der Waals surface area contributed by atoms with Crippen LogP contribution < -0.4 is 24.3 Å². The van der Waals surface area contributed by atoms with Crippen molar-refractivity contribution in [1.29, 1.82) is 0 Å². The lowest BCUT2D eigenvalue weighted by atomic mass is 9.70. The van der Waals surface area contributed by atoms with Gasteiger partial charge in [-0.25, -0.2) is 4.79 Å². The number of aliphatic hydroxyl groups is 1. The summed E-state index contributed by atoms with van der Waals surface area (Å²) in [5, 5.41) is 13.1. The van der Waals surface area contributed by atoms with E-state index in [2.05, 4.69) is 5.32 Å². The number of esters is 3. The Hall–Kier alpha value is -7.26. The molecule has 0 saturated heterocycles. The van der Waals surface area contributed by atoms with Gasteiger partial charge in [-0.2, -0.15) is 0 Å². The van der Waals surface area contributed by atoms with Gasteiger partial charge in [-0.3, -0.25) is 19.3 Å². The van der Waals surface area contributed by atoms with E-state index >= 15 is 0 Å². The average Bonchev–Trinajstić information content (AvgIpc) is 3.63. The number of allylic oxidation sites excluding steroid dienone is 1. The van der Waals surface area contributed by atoms with E-state index in [4.69, 9.17) is 33.2 Å². The van der Waals surface area contributed by atoms with Crippen LogP contribution in [0.25, 0.3) is 0 Å². The van der Waals surface area contributed by atoms with Crippen LogP contribution in [0.15, 0.2) is 139 Å². The van der Waals surface area contributed by atoms with Crippen molar-refractivity contribution in [2.24, 2.45) is 16.7 Å². The maximum atomic E-state index is 14.1. The van der Waals surface area contributed by atoms with E-state index in [1.807, 2.05) is 84.9 Å². The van der Waals surface area contributed by atoms with Crippen molar-refractivity contribution in [3.8, 4) is 23.0 Å². The Bertz CT molecular complexity index is 2800. The van der Waals surface area contributed by atoms with Gasteiger partial charge in [-0.05, 0) is 119 Å². The molecule has 0 saturated carbocycles. The van der Waals surface area contributed by atoms with E-state index in [1.54, 1.807) is 109 Å². The highest BCUT2D eigenvalue weighted by Gasteiger charge is 2.59. The Kier molecular flexibility index (Phi) is 14.3. The van der Waals surface area contributed by atoms with Crippen molar-refractivity contribution in [2.45, 2.75) is 58.8 Å². The number of carbonyl (C=O) groups is 4. The lowest BCUT2D eigenvalue weighted by Gasteiger charge is -2.45. The van der Waals surface area contributed by atoms with Gasteiger partial charge in [-0.15, -0.1) is 0 Å². The van der Waals surface area contributed by atoms with E-state index in [0.717, 1.165) is 16.7 Å². The van der Waals surface area contributed by atoms with Gasteiger partial charge < -0.3 is 43.6 Å². The van der Waals surface area contributed by atoms with Crippen LogP contribution in [0.3, 0.4) is 0 Å². The van der Waals surface area contributed by atoms with Crippen molar-refractivity contribution >= 4 is 29.5 Å². The van der Waals surface area contributed by atoms with Crippen LogP contribution in [0.4, 0.5) is 5.69 Å². The zero-order chi connectivity index (χ0) is 50.7. The number of hydrogen-bond acceptors (Lipinski definition) is 13. The first kappa shape index (κ1) is 50.1. The summed E-state index contributed by atoms with van der Waals surface area (Å²) in [6.45, 7) is 10.8. The highest BCUT2D eigenvalue weighted by atomic mass is 16.6. The zero-order valence-corrected chi connectivity index (χ0v) is 41.3. The van der Waals surface area contributed by atoms with Crippen molar-refractivity contribution in [3.05, 3.63) is 173 Å². The van der Waals surface area contributed by atoms with Gasteiger partial charge in [0.2, 0.25) is 5.91 Å². The molecule has 8 rings (SSSR count). The molecule has 0 fully saturated rings. The largest absolute Gasteiger partial charge is 0.497 e. The number of aliphatic hydroxyl groups excluding tert-OH is 1. The van der Waals surface area contributed by atoms with Crippen LogP contribution in [-0.4, -0.2) is 87.0 Å². The number of benzene rings is 5. The van der Waals surface area contributed by atoms with Gasteiger partial charge in [-0.1, -0.05) is 66.7 Å². The third-order valence-corrected chi connectivity index (χ3v) is 12.7. The second-order valence-corrected chi connectivity index (χ2v) is 19.8. The number of nitrogens with zero attached hydrogens (tertiary/aromatic N) is 1. The lowest BCUT2D eigenvalue weighted by Crippen LogP contribution is -2.48. The van der Waals surface area contributed by atoms with Crippen LogP contribution in [0.5, 0.6) is 23.0 Å². The fraction of sp³-hybridized carbons (Fsp3) is 0.333. The Labute approximate surface area is 414 Å². The van der Waals surface area contributed by atoms with Gasteiger partial charge in [0, 0.05) is 36.0 Å². The first-order valence-corrected chi connectivity index (χ1v) is 23.5. The Balaban J connectivity index is 1.05. The van der Waals surface area contributed by atoms with Crippen molar-refractivity contribution in [2.75, 3.05) is 52.4 Å². The predicted molar refractivity (Wildman–Crippen MR) is 265 cm³/mol. The minimum atomic E-state index is -1.42. The fourth-order valence-electron chi connectivity index (χ4n) is 9.02. The van der Waals surface area contributed by atoms with Crippen LogP contribution in [0.1, 0.15) is 79.7 Å². The smallest absolute Gasteiger partial charge is 0.339 e. The normalized spacial score (nSPS) is 18.1. The fourth-order valence-corrected chi connectivity index (χ4v) is 9.02. The topological polar surface area (TPSA) is 168 Å². The van der Waals surface area contributed by atoms with Gasteiger partial charge in [0.25, 0.3) is 0 Å². The standard InChI is InChI=1S/C57H60N2O12/c1-54(2,3)52(63)68-42-23-26-46-48(33-42)70-49-34-43(69-53(64)55(4,5)6)24-27-47(49)57(46)45-25-18-39(32-44(45)51(62)71-57)58-50(61)35-59(28-30-60)29-31-67-56(36-12-10-9-11-13-36,37-14-19-40(65-7)20-15-37)38-16-21-41(66-8)22-17-38/h9-27,32-34,46,48,60H,28-31,35H2,1-8H3,(H,58,61). The van der Waals surface area contributed by atoms with Crippen molar-refractivity contribution in [3.63, 3.8) is 0 Å². The molecule has 370 valence electrons. The molecule has 14 heteroatoms. The number of nitrogens with one attached hydrogen (secondary N) is 1. The summed E-state index contributed by atoms with van der Waals surface area (Å²) >= 11 is 0. The van der Waals surface area contributed by atoms with E-state index in [1.165, 1.54) is 0 Å². The van der Waals surface area contributed by atoms with Crippen LogP contribution >= 0.6 is 0 Å². The summed E-state index contributed by atoms with van der Waals surface area (Å²) in [4.78, 5) is 55.7. The maximum absolute atomic E-state index is 14.1. The molecule has 2 N–H and O–H groups in total. The van der Waals surface area contributed by atoms with Gasteiger partial charge in [0.1, 0.15) is 40.5 Å². The number of methoxy groups -OCH3 is 2. The molecule has 1 spiro atoms. The van der Waals surface area contributed by atoms with Crippen LogP contribution in [0, 0.1) is 16.7 Å². The SMILES string of the molecule is COc1ccc(C(OCCN(CCO)CC(=O)Nc2ccc3c(c2)C(=O)OC32c3ccc(OC(=O)C(C)(C)C)cc3OC3C=C(OC(=O)C(C)(C)C)C=CC32)(c2ccccc2)c2ccc(OC)cc2)cc1. The van der Waals surface area contributed by atoms with Crippen LogP contribution in [0.2, 0.25) is 0 Å². The summed E-state index contributed by atoms with van der Waals surface area (Å²) in [5.74, 6) is -0.310. The highest BCUT2D eigenvalue weighted by Crippen LogP contribution is 2.57. The van der Waals surface area contributed by atoms with Gasteiger partial charge >= 0.3 is 17.9 Å². The molecule has 1 amide bonds. The predicted octanol–water partition coefficient (Wildman–Crippen LogP) is 8.73. The molecule has 5 aromatic rings. The first-order valence-electron chi connectivity index (χ1n) is 23.5. The molecule has 71 heavy (non-hydrogen) atoms. The minimum absolute atomic E-state index is 0.103. The summed E-state index contributed by atoms with van der Waals surface area (Å²) in [5.41, 5.74) is 0.164. The molecule has 5 aromatic carbocycles. The van der Waals surface area contributed by atoms with E-state index in [0.29, 0.717) is 34.1 Å². The zero-order valence-electron chi connectivity index (χ0n) is 41.3. The number of fused-ring (bicyclic) bond motifs is 6. The Morgan fingerprint density at radius 1 is 0.718 bits per heavy atom. The number of rotatable bonds is 16. The number of amides is 1. The monoisotopic (exact) mass is 964 g/mol. The molecule has 2 heterocycles. The van der Waals surface area contributed by atoms with Crippen LogP contribution in [-0.2, 0) is 39.8 Å². The molecule has 0 aromatic heterocycles. The number of hydrogen-bond donors (Lipinski definition) is 2. The molecular weight excluding hydrogens is 905 g/mol. The number of carbonyl (C=O) groups excluding carboxylic acids is 4. The molecule has 3 atom stereocenters. The quantitative estimate of drug-likeness (QED) is 0.0548. The van der Waals surface area contributed by atoms with E-state index in [-0.39, 0.29) is 55.8 Å². The summed E-state index contributed by atoms with van der Waals surface area (Å²) < 4.78 is 42.5. The first-order chi connectivity index (χ1) is 33.9. The highest BCUT2D eigenvalue weighted by molar-refractivity contribution is 5.99. The summed E-state index contributed by atoms with van der Waals surface area (Å²) in [6, 6.07) is 35.3. The molecule has 3 aliphatic rings. The Morgan fingerprint density at radius 3 is 1.92 bits per heavy atom. The molecule has 0 radical (unpaired) electrons. The minimum Gasteiger partial charge on any atom is -0.497 e. The van der Waals surface area contributed by atoms with Crippen molar-refractivity contribution in [1.82, 2.24) is 4.90 Å². The molecule has 3 unspecified atom stereocenters. The summed E-state index contributed by atoms with van der Waals surface area (Å²) in [6.07, 6.45) is 4.37. The lowest BCUT2D eigenvalue weighted by molar-refractivity contribution is -0.148. The third kappa shape index (κ3) is 10.2. The molecule has 1 aliphatic carbocycles.